The van der Waals surface area contributed by atoms with E-state index in [0.29, 0.717) is 19.6 Å². The van der Waals surface area contributed by atoms with Gasteiger partial charge in [-0.15, -0.1) is 0 Å². The SMILES string of the molecule is CCO[C@H]1C[C@](O)(CNC(=O)C=C2CCC2)C1(C)C. The molecule has 0 aromatic rings. The van der Waals surface area contributed by atoms with Crippen molar-refractivity contribution in [2.24, 2.45) is 5.41 Å². The normalized spacial score (nSPS) is 32.2. The van der Waals surface area contributed by atoms with Gasteiger partial charge < -0.3 is 15.2 Å². The topological polar surface area (TPSA) is 58.6 Å². The predicted octanol–water partition coefficient (Wildman–Crippen LogP) is 1.78. The number of rotatable bonds is 5. The van der Waals surface area contributed by atoms with E-state index >= 15 is 0 Å². The average molecular weight is 267 g/mol. The van der Waals surface area contributed by atoms with Gasteiger partial charge in [-0.1, -0.05) is 19.4 Å². The lowest BCUT2D eigenvalue weighted by Gasteiger charge is -2.57. The third-order valence-corrected chi connectivity index (χ3v) is 4.78. The molecular formula is C15H25NO3. The fourth-order valence-electron chi connectivity index (χ4n) is 2.76. The maximum Gasteiger partial charge on any atom is 0.244 e. The second-order valence-electron chi connectivity index (χ2n) is 6.28. The molecule has 1 amide bonds. The molecule has 4 nitrogen and oxygen atoms in total. The first kappa shape index (κ1) is 14.5. The fourth-order valence-corrected chi connectivity index (χ4v) is 2.76. The number of carbonyl (C=O) groups is 1. The number of hydrogen-bond acceptors (Lipinski definition) is 3. The van der Waals surface area contributed by atoms with Gasteiger partial charge in [0.15, 0.2) is 0 Å². The van der Waals surface area contributed by atoms with E-state index in [2.05, 4.69) is 5.32 Å². The number of allylic oxidation sites excluding steroid dienone is 1. The summed E-state index contributed by atoms with van der Waals surface area (Å²) in [6.07, 6.45) is 5.60. The quantitative estimate of drug-likeness (QED) is 0.747. The molecule has 0 radical (unpaired) electrons. The van der Waals surface area contributed by atoms with Gasteiger partial charge in [0, 0.05) is 31.1 Å². The van der Waals surface area contributed by atoms with Gasteiger partial charge in [-0.05, 0) is 26.2 Å². The van der Waals surface area contributed by atoms with Crippen molar-refractivity contribution in [3.8, 4) is 0 Å². The van der Waals surface area contributed by atoms with Crippen LogP contribution in [0.25, 0.3) is 0 Å². The van der Waals surface area contributed by atoms with E-state index in [0.717, 1.165) is 12.8 Å². The van der Waals surface area contributed by atoms with Crippen LogP contribution < -0.4 is 5.32 Å². The molecule has 2 rings (SSSR count). The number of aliphatic hydroxyl groups is 1. The fraction of sp³-hybridized carbons (Fsp3) is 0.800. The summed E-state index contributed by atoms with van der Waals surface area (Å²) in [7, 11) is 0. The van der Waals surface area contributed by atoms with Crippen LogP contribution in [-0.2, 0) is 9.53 Å². The van der Waals surface area contributed by atoms with E-state index in [1.165, 1.54) is 12.0 Å². The summed E-state index contributed by atoms with van der Waals surface area (Å²) in [5.74, 6) is -0.0845. The smallest absolute Gasteiger partial charge is 0.244 e. The van der Waals surface area contributed by atoms with Gasteiger partial charge in [-0.3, -0.25) is 4.79 Å². The minimum Gasteiger partial charge on any atom is -0.387 e. The van der Waals surface area contributed by atoms with Crippen LogP contribution in [0.5, 0.6) is 0 Å². The van der Waals surface area contributed by atoms with Gasteiger partial charge in [0.05, 0.1) is 11.7 Å². The van der Waals surface area contributed by atoms with Gasteiger partial charge in [-0.2, -0.15) is 0 Å². The van der Waals surface area contributed by atoms with Crippen LogP contribution >= 0.6 is 0 Å². The van der Waals surface area contributed by atoms with E-state index in [1.807, 2.05) is 20.8 Å². The number of carbonyl (C=O) groups excluding carboxylic acids is 1. The lowest BCUT2D eigenvalue weighted by molar-refractivity contribution is -0.238. The Morgan fingerprint density at radius 3 is 2.68 bits per heavy atom. The predicted molar refractivity (Wildman–Crippen MR) is 73.7 cm³/mol. The monoisotopic (exact) mass is 267 g/mol. The van der Waals surface area contributed by atoms with E-state index in [9.17, 15) is 9.90 Å². The molecule has 0 unspecified atom stereocenters. The molecule has 4 heteroatoms. The Morgan fingerprint density at radius 2 is 2.21 bits per heavy atom. The van der Waals surface area contributed by atoms with Gasteiger partial charge in [0.1, 0.15) is 0 Å². The minimum absolute atomic E-state index is 0.0735. The van der Waals surface area contributed by atoms with Crippen molar-refractivity contribution in [3.63, 3.8) is 0 Å². The van der Waals surface area contributed by atoms with Crippen molar-refractivity contribution in [2.75, 3.05) is 13.2 Å². The number of amides is 1. The zero-order chi connectivity index (χ0) is 14.1. The third-order valence-electron chi connectivity index (χ3n) is 4.78. The summed E-state index contributed by atoms with van der Waals surface area (Å²) in [6, 6.07) is 0. The molecule has 2 N–H and O–H groups in total. The van der Waals surface area contributed by atoms with Gasteiger partial charge in [-0.25, -0.2) is 0 Å². The lowest BCUT2D eigenvalue weighted by Crippen LogP contribution is -2.68. The van der Waals surface area contributed by atoms with Crippen molar-refractivity contribution in [1.82, 2.24) is 5.32 Å². The molecule has 0 aromatic heterocycles. The van der Waals surface area contributed by atoms with E-state index in [4.69, 9.17) is 4.74 Å². The Morgan fingerprint density at radius 1 is 1.53 bits per heavy atom. The second-order valence-corrected chi connectivity index (χ2v) is 6.28. The molecule has 0 bridgehead atoms. The van der Waals surface area contributed by atoms with Crippen LogP contribution in [-0.4, -0.2) is 35.9 Å². The largest absolute Gasteiger partial charge is 0.387 e. The van der Waals surface area contributed by atoms with Crippen LogP contribution in [0.1, 0.15) is 46.5 Å². The molecule has 0 heterocycles. The van der Waals surface area contributed by atoms with Crippen molar-refractivity contribution in [2.45, 2.75) is 58.2 Å². The lowest BCUT2D eigenvalue weighted by atomic mass is 9.56. The second kappa shape index (κ2) is 5.25. The minimum atomic E-state index is -0.860. The van der Waals surface area contributed by atoms with Gasteiger partial charge >= 0.3 is 0 Å². The zero-order valence-corrected chi connectivity index (χ0v) is 12.2. The standard InChI is InChI=1S/C15H25NO3/c1-4-19-12-9-15(18,14(12,2)3)10-16-13(17)8-11-6-5-7-11/h8,12,18H,4-7,9-10H2,1-3H3,(H,16,17)/t12-,15-/m0/s1. The van der Waals surface area contributed by atoms with Crippen molar-refractivity contribution in [1.29, 1.82) is 0 Å². The van der Waals surface area contributed by atoms with Crippen molar-refractivity contribution in [3.05, 3.63) is 11.6 Å². The molecule has 2 atom stereocenters. The molecule has 2 saturated carbocycles. The number of ether oxygens (including phenoxy) is 1. The summed E-state index contributed by atoms with van der Waals surface area (Å²) in [5.41, 5.74) is 0.0325. The van der Waals surface area contributed by atoms with E-state index in [-0.39, 0.29) is 17.4 Å². The van der Waals surface area contributed by atoms with Crippen LogP contribution in [0, 0.1) is 5.41 Å². The van der Waals surface area contributed by atoms with Gasteiger partial charge in [0.2, 0.25) is 5.91 Å². The Bertz CT molecular complexity index is 383. The molecule has 2 fully saturated rings. The van der Waals surface area contributed by atoms with Crippen LogP contribution in [0.4, 0.5) is 0 Å². The van der Waals surface area contributed by atoms with Crippen LogP contribution in [0.2, 0.25) is 0 Å². The summed E-state index contributed by atoms with van der Waals surface area (Å²) in [5, 5.41) is 13.4. The number of hydrogen-bond donors (Lipinski definition) is 2. The highest BCUT2D eigenvalue weighted by atomic mass is 16.5. The maximum atomic E-state index is 11.7. The van der Waals surface area contributed by atoms with Crippen LogP contribution in [0.3, 0.4) is 0 Å². The summed E-state index contributed by atoms with van der Waals surface area (Å²) in [4.78, 5) is 11.7. The summed E-state index contributed by atoms with van der Waals surface area (Å²) in [6.45, 7) is 6.90. The molecule has 0 spiro atoms. The van der Waals surface area contributed by atoms with Crippen molar-refractivity contribution >= 4 is 5.91 Å². The molecule has 0 saturated heterocycles. The number of nitrogens with one attached hydrogen (secondary N) is 1. The molecule has 2 aliphatic rings. The summed E-state index contributed by atoms with van der Waals surface area (Å²) < 4.78 is 5.60. The Labute approximate surface area is 115 Å². The zero-order valence-electron chi connectivity index (χ0n) is 12.2. The Hall–Kier alpha value is -0.870. The molecule has 108 valence electrons. The molecule has 19 heavy (non-hydrogen) atoms. The molecule has 0 aliphatic heterocycles. The van der Waals surface area contributed by atoms with Crippen molar-refractivity contribution < 1.29 is 14.6 Å². The highest BCUT2D eigenvalue weighted by Gasteiger charge is 2.59. The Balaban J connectivity index is 1.84. The summed E-state index contributed by atoms with van der Waals surface area (Å²) >= 11 is 0. The third kappa shape index (κ3) is 2.70. The molecule has 2 aliphatic carbocycles. The molecular weight excluding hydrogens is 242 g/mol. The highest BCUT2D eigenvalue weighted by Crippen LogP contribution is 2.50. The Kier molecular flexibility index (Phi) is 4.02. The maximum absolute atomic E-state index is 11.7. The van der Waals surface area contributed by atoms with E-state index in [1.54, 1.807) is 6.08 Å². The van der Waals surface area contributed by atoms with E-state index < -0.39 is 5.60 Å². The first-order valence-electron chi connectivity index (χ1n) is 7.20. The molecule has 0 aromatic carbocycles. The average Bonchev–Trinajstić information content (AvgIpc) is 2.31. The van der Waals surface area contributed by atoms with Crippen LogP contribution in [0.15, 0.2) is 11.6 Å². The first-order chi connectivity index (χ1) is 8.89. The first-order valence-corrected chi connectivity index (χ1v) is 7.20. The van der Waals surface area contributed by atoms with Gasteiger partial charge in [0.25, 0.3) is 0 Å². The highest BCUT2D eigenvalue weighted by molar-refractivity contribution is 5.88.